The average molecular weight is 295 g/mol. The highest BCUT2D eigenvalue weighted by molar-refractivity contribution is 7.09. The Bertz CT molecular complexity index is 631. The van der Waals surface area contributed by atoms with Crippen molar-refractivity contribution in [3.63, 3.8) is 0 Å². The summed E-state index contributed by atoms with van der Waals surface area (Å²) in [7, 11) is 1.35. The van der Waals surface area contributed by atoms with E-state index < -0.39 is 12.0 Å². The van der Waals surface area contributed by atoms with Crippen molar-refractivity contribution < 1.29 is 19.4 Å². The number of hydrogen-bond donors (Lipinski definition) is 3. The van der Waals surface area contributed by atoms with Gasteiger partial charge in [0.2, 0.25) is 5.13 Å². The lowest BCUT2D eigenvalue weighted by Gasteiger charge is -2.09. The van der Waals surface area contributed by atoms with E-state index in [0.717, 1.165) is 11.5 Å². The number of benzene rings is 1. The van der Waals surface area contributed by atoms with Gasteiger partial charge in [0, 0.05) is 23.3 Å². The van der Waals surface area contributed by atoms with Crippen molar-refractivity contribution in [2.24, 2.45) is 0 Å². The molecule has 10 heteroatoms. The first-order valence-corrected chi connectivity index (χ1v) is 6.02. The maximum Gasteiger partial charge on any atom is 0.339 e. The lowest BCUT2D eigenvalue weighted by Crippen LogP contribution is -2.19. The quantitative estimate of drug-likeness (QED) is 0.775. The maximum absolute atomic E-state index is 11.6. The van der Waals surface area contributed by atoms with Crippen LogP contribution in [0.5, 0.6) is 5.75 Å². The molecule has 0 aliphatic rings. The number of aromatic nitrogens is 3. The third-order valence-electron chi connectivity index (χ3n) is 2.21. The molecule has 9 nitrogen and oxygen atoms in total. The van der Waals surface area contributed by atoms with E-state index >= 15 is 0 Å². The van der Waals surface area contributed by atoms with E-state index in [0.29, 0.717) is 5.69 Å². The van der Waals surface area contributed by atoms with Gasteiger partial charge in [0.1, 0.15) is 11.3 Å². The molecule has 0 saturated heterocycles. The number of aromatic carboxylic acids is 1. The Morgan fingerprint density at radius 2 is 2.15 bits per heavy atom. The summed E-state index contributed by atoms with van der Waals surface area (Å²) in [4.78, 5) is 22.6. The van der Waals surface area contributed by atoms with Crippen molar-refractivity contribution in [1.29, 1.82) is 0 Å². The van der Waals surface area contributed by atoms with Gasteiger partial charge < -0.3 is 15.2 Å². The normalized spacial score (nSPS) is 9.85. The molecule has 3 N–H and O–H groups in total. The van der Waals surface area contributed by atoms with Crippen LogP contribution in [-0.4, -0.2) is 39.0 Å². The molecule has 2 aromatic rings. The number of ether oxygens (including phenoxy) is 1. The van der Waals surface area contributed by atoms with Gasteiger partial charge in [-0.1, -0.05) is 9.59 Å². The van der Waals surface area contributed by atoms with Gasteiger partial charge in [0.05, 0.1) is 7.11 Å². The van der Waals surface area contributed by atoms with Gasteiger partial charge in [-0.2, -0.15) is 0 Å². The molecule has 0 spiro atoms. The van der Waals surface area contributed by atoms with Crippen molar-refractivity contribution in [1.82, 2.24) is 14.8 Å². The number of urea groups is 1. The molecule has 2 rings (SSSR count). The summed E-state index contributed by atoms with van der Waals surface area (Å²) in [6.07, 6.45) is 0. The van der Waals surface area contributed by atoms with Crippen molar-refractivity contribution in [3.8, 4) is 5.75 Å². The first-order valence-electron chi connectivity index (χ1n) is 5.24. The fourth-order valence-corrected chi connectivity index (χ4v) is 1.75. The molecule has 0 radical (unpaired) electrons. The summed E-state index contributed by atoms with van der Waals surface area (Å²) in [6.45, 7) is 0. The van der Waals surface area contributed by atoms with Gasteiger partial charge in [0.25, 0.3) is 0 Å². The summed E-state index contributed by atoms with van der Waals surface area (Å²) in [5.41, 5.74) is 0.383. The van der Waals surface area contributed by atoms with E-state index in [1.165, 1.54) is 25.3 Å². The molecule has 1 aromatic carbocycles. The van der Waals surface area contributed by atoms with Crippen LogP contribution in [0.15, 0.2) is 18.2 Å². The summed E-state index contributed by atoms with van der Waals surface area (Å²) in [5.74, 6) is -0.967. The number of hydrogen-bond acceptors (Lipinski definition) is 7. The topological polar surface area (TPSA) is 126 Å². The Hall–Kier alpha value is -2.75. The molecule has 0 saturated carbocycles. The van der Waals surface area contributed by atoms with Crippen LogP contribution in [0.1, 0.15) is 10.4 Å². The molecule has 2 amide bonds. The van der Waals surface area contributed by atoms with Crippen LogP contribution < -0.4 is 15.4 Å². The van der Waals surface area contributed by atoms with E-state index in [1.807, 2.05) is 0 Å². The molecule has 0 aliphatic carbocycles. The van der Waals surface area contributed by atoms with Crippen LogP contribution in [0.4, 0.5) is 15.6 Å². The molecule has 20 heavy (non-hydrogen) atoms. The minimum Gasteiger partial charge on any atom is -0.496 e. The number of anilines is 2. The van der Waals surface area contributed by atoms with Gasteiger partial charge in [-0.25, -0.2) is 9.59 Å². The molecule has 0 aliphatic heterocycles. The van der Waals surface area contributed by atoms with E-state index in [2.05, 4.69) is 25.4 Å². The highest BCUT2D eigenvalue weighted by Crippen LogP contribution is 2.23. The Morgan fingerprint density at radius 1 is 1.35 bits per heavy atom. The molecular formula is C10H9N5O4S. The number of amides is 2. The zero-order valence-electron chi connectivity index (χ0n) is 10.2. The molecule has 1 heterocycles. The van der Waals surface area contributed by atoms with Crippen LogP contribution in [0.2, 0.25) is 0 Å². The van der Waals surface area contributed by atoms with E-state index in [-0.39, 0.29) is 16.4 Å². The highest BCUT2D eigenvalue weighted by Gasteiger charge is 2.12. The number of carboxylic acid groups (broad SMARTS) is 1. The zero-order valence-corrected chi connectivity index (χ0v) is 11.0. The van der Waals surface area contributed by atoms with Crippen molar-refractivity contribution in [2.75, 3.05) is 17.7 Å². The van der Waals surface area contributed by atoms with Crippen LogP contribution >= 0.6 is 11.5 Å². The van der Waals surface area contributed by atoms with Crippen molar-refractivity contribution in [3.05, 3.63) is 23.8 Å². The van der Waals surface area contributed by atoms with E-state index in [9.17, 15) is 9.59 Å². The molecule has 0 fully saturated rings. The molecule has 0 unspecified atom stereocenters. The Morgan fingerprint density at radius 3 is 2.75 bits per heavy atom. The third kappa shape index (κ3) is 3.17. The van der Waals surface area contributed by atoms with Crippen LogP contribution in [0.25, 0.3) is 0 Å². The molecule has 0 atom stereocenters. The summed E-state index contributed by atoms with van der Waals surface area (Å²) in [6, 6.07) is 3.64. The number of nitrogens with zero attached hydrogens (tertiary/aromatic N) is 3. The van der Waals surface area contributed by atoms with Gasteiger partial charge in [-0.05, 0) is 17.3 Å². The number of nitrogens with one attached hydrogen (secondary N) is 2. The summed E-state index contributed by atoms with van der Waals surface area (Å²) >= 11 is 0.929. The fourth-order valence-electron chi connectivity index (χ4n) is 1.39. The second-order valence-electron chi connectivity index (χ2n) is 3.47. The van der Waals surface area contributed by atoms with Gasteiger partial charge in [-0.3, -0.25) is 5.32 Å². The first kappa shape index (κ1) is 13.7. The predicted octanol–water partition coefficient (Wildman–Crippen LogP) is 1.28. The predicted molar refractivity (Wildman–Crippen MR) is 70.3 cm³/mol. The average Bonchev–Trinajstić information content (AvgIpc) is 2.90. The number of carboxylic acids is 1. The Kier molecular flexibility index (Phi) is 4.05. The Labute approximate surface area is 116 Å². The number of carbonyl (C=O) groups excluding carboxylic acids is 1. The smallest absolute Gasteiger partial charge is 0.339 e. The number of carbonyl (C=O) groups is 2. The van der Waals surface area contributed by atoms with Gasteiger partial charge in [-0.15, -0.1) is 0 Å². The maximum atomic E-state index is 11.6. The fraction of sp³-hybridized carbons (Fsp3) is 0.100. The van der Waals surface area contributed by atoms with Gasteiger partial charge in [0.15, 0.2) is 0 Å². The van der Waals surface area contributed by atoms with Crippen LogP contribution in [0.3, 0.4) is 0 Å². The van der Waals surface area contributed by atoms with Crippen LogP contribution in [0, 0.1) is 0 Å². The van der Waals surface area contributed by atoms with E-state index in [4.69, 9.17) is 9.84 Å². The molecular weight excluding hydrogens is 286 g/mol. The largest absolute Gasteiger partial charge is 0.496 e. The van der Waals surface area contributed by atoms with Crippen LogP contribution in [-0.2, 0) is 0 Å². The van der Waals surface area contributed by atoms with Gasteiger partial charge >= 0.3 is 12.0 Å². The minimum absolute atomic E-state index is 0.00628. The van der Waals surface area contributed by atoms with Crippen molar-refractivity contribution >= 4 is 34.4 Å². The first-order chi connectivity index (χ1) is 9.60. The molecule has 104 valence electrons. The number of rotatable bonds is 4. The summed E-state index contributed by atoms with van der Waals surface area (Å²) < 4.78 is 8.45. The second kappa shape index (κ2) is 5.93. The SMILES string of the molecule is COc1cc(NC(=O)Nc2nnns2)ccc1C(=O)O. The number of methoxy groups -OCH3 is 1. The standard InChI is InChI=1S/C10H9N5O4S/c1-19-7-4-5(2-3-6(7)8(16)17)11-9(18)12-10-13-14-15-20-10/h2-4H,1H3,(H,16,17)(H2,11,12,13,15,18). The minimum atomic E-state index is -1.11. The highest BCUT2D eigenvalue weighted by atomic mass is 32.1. The zero-order chi connectivity index (χ0) is 14.5. The monoisotopic (exact) mass is 295 g/mol. The molecule has 1 aromatic heterocycles. The van der Waals surface area contributed by atoms with E-state index in [1.54, 1.807) is 0 Å². The third-order valence-corrected chi connectivity index (χ3v) is 2.72. The Balaban J connectivity index is 2.09. The summed E-state index contributed by atoms with van der Waals surface area (Å²) in [5, 5.41) is 21.0. The lowest BCUT2D eigenvalue weighted by atomic mass is 10.2. The van der Waals surface area contributed by atoms with Crippen molar-refractivity contribution in [2.45, 2.75) is 0 Å². The second-order valence-corrected chi connectivity index (χ2v) is 4.20. The molecule has 0 bridgehead atoms. The lowest BCUT2D eigenvalue weighted by molar-refractivity contribution is 0.0693.